The van der Waals surface area contributed by atoms with Crippen LogP contribution in [0.15, 0.2) is 119 Å². The maximum Gasteiger partial charge on any atom is 0.264 e. The van der Waals surface area contributed by atoms with Gasteiger partial charge in [-0.05, 0) is 53.9 Å². The van der Waals surface area contributed by atoms with Crippen molar-refractivity contribution in [2.24, 2.45) is 0 Å². The van der Waals surface area contributed by atoms with Crippen LogP contribution in [0.2, 0.25) is 0 Å². The number of nitrogens with one attached hydrogen (secondary N) is 1. The summed E-state index contributed by atoms with van der Waals surface area (Å²) in [5.41, 5.74) is 3.29. The number of hydrogen-bond donors (Lipinski definition) is 1. The highest BCUT2D eigenvalue weighted by molar-refractivity contribution is 9.10. The van der Waals surface area contributed by atoms with Crippen LogP contribution >= 0.6 is 15.9 Å². The first kappa shape index (κ1) is 24.7. The first-order valence-corrected chi connectivity index (χ1v) is 13.3. The fourth-order valence-electron chi connectivity index (χ4n) is 3.90. The van der Waals surface area contributed by atoms with Crippen molar-refractivity contribution < 1.29 is 13.2 Å². The van der Waals surface area contributed by atoms with Crippen molar-refractivity contribution in [2.45, 2.75) is 17.9 Å². The molecule has 0 aliphatic carbocycles. The number of halogens is 1. The molecule has 1 atom stereocenters. The highest BCUT2D eigenvalue weighted by Crippen LogP contribution is 2.28. The van der Waals surface area contributed by atoms with Gasteiger partial charge in [-0.25, -0.2) is 8.42 Å². The molecule has 0 heterocycles. The molecule has 0 bridgehead atoms. The summed E-state index contributed by atoms with van der Waals surface area (Å²) in [6, 6.07) is 32.1. The van der Waals surface area contributed by atoms with Crippen LogP contribution in [0.4, 0.5) is 5.69 Å². The summed E-state index contributed by atoms with van der Waals surface area (Å²) in [5.74, 6) is -0.415. The molecule has 0 aliphatic rings. The Bertz CT molecular complexity index is 1410. The van der Waals surface area contributed by atoms with Gasteiger partial charge in [-0.3, -0.25) is 9.10 Å². The van der Waals surface area contributed by atoms with E-state index < -0.39 is 22.0 Å². The second-order valence-electron chi connectivity index (χ2n) is 8.07. The quantitative estimate of drug-likeness (QED) is 0.300. The number of nitrogens with zero attached hydrogens (tertiary/aromatic N) is 1. The fourth-order valence-corrected chi connectivity index (χ4v) is 5.72. The van der Waals surface area contributed by atoms with Crippen LogP contribution in [0.25, 0.3) is 0 Å². The monoisotopic (exact) mass is 548 g/mol. The molecule has 7 heteroatoms. The molecule has 0 unspecified atom stereocenters. The smallest absolute Gasteiger partial charge is 0.264 e. The Kier molecular flexibility index (Phi) is 7.68. The number of carbonyl (C=O) groups is 1. The molecule has 0 saturated carbocycles. The second-order valence-corrected chi connectivity index (χ2v) is 10.9. The lowest BCUT2D eigenvalue weighted by molar-refractivity contribution is -0.120. The molecule has 0 aliphatic heterocycles. The Morgan fingerprint density at radius 1 is 0.857 bits per heavy atom. The van der Waals surface area contributed by atoms with E-state index in [1.807, 2.05) is 61.5 Å². The Balaban J connectivity index is 1.70. The van der Waals surface area contributed by atoms with Gasteiger partial charge in [-0.15, -0.1) is 0 Å². The molecule has 0 spiro atoms. The minimum atomic E-state index is -3.99. The Morgan fingerprint density at radius 3 is 2.14 bits per heavy atom. The van der Waals surface area contributed by atoms with Crippen LogP contribution in [-0.4, -0.2) is 20.9 Å². The van der Waals surface area contributed by atoms with Crippen molar-refractivity contribution in [3.63, 3.8) is 0 Å². The number of anilines is 1. The van der Waals surface area contributed by atoms with Gasteiger partial charge in [0.15, 0.2) is 0 Å². The zero-order valence-electron chi connectivity index (χ0n) is 19.1. The van der Waals surface area contributed by atoms with Gasteiger partial charge in [0.2, 0.25) is 5.91 Å². The van der Waals surface area contributed by atoms with Gasteiger partial charge in [-0.2, -0.15) is 0 Å². The lowest BCUT2D eigenvalue weighted by atomic mass is 9.95. The first-order chi connectivity index (χ1) is 16.9. The van der Waals surface area contributed by atoms with E-state index in [2.05, 4.69) is 21.2 Å². The molecular formula is C28H25BrN2O3S. The Hall–Kier alpha value is -3.42. The SMILES string of the molecule is Cc1ccccc1[C@H](NC(=O)CN(c1cccc(Br)c1)S(=O)(=O)c1ccccc1)c1ccccc1. The summed E-state index contributed by atoms with van der Waals surface area (Å²) < 4.78 is 29.0. The van der Waals surface area contributed by atoms with E-state index in [1.54, 1.807) is 42.5 Å². The molecule has 35 heavy (non-hydrogen) atoms. The fraction of sp³-hybridized carbons (Fsp3) is 0.107. The average Bonchev–Trinajstić information content (AvgIpc) is 2.87. The molecule has 4 aromatic carbocycles. The topological polar surface area (TPSA) is 66.5 Å². The number of rotatable bonds is 8. The average molecular weight is 549 g/mol. The molecule has 178 valence electrons. The summed E-state index contributed by atoms with van der Waals surface area (Å²) in [7, 11) is -3.99. The summed E-state index contributed by atoms with van der Waals surface area (Å²) in [6.45, 7) is 1.62. The molecule has 0 fully saturated rings. The maximum atomic E-state index is 13.6. The predicted octanol–water partition coefficient (Wildman–Crippen LogP) is 5.86. The van der Waals surface area contributed by atoms with Crippen LogP contribution in [0, 0.1) is 6.92 Å². The van der Waals surface area contributed by atoms with Crippen molar-refractivity contribution in [3.8, 4) is 0 Å². The largest absolute Gasteiger partial charge is 0.344 e. The van der Waals surface area contributed by atoms with Crippen molar-refractivity contribution in [1.82, 2.24) is 5.32 Å². The van der Waals surface area contributed by atoms with Gasteiger partial charge in [0.05, 0.1) is 16.6 Å². The van der Waals surface area contributed by atoms with Crippen LogP contribution < -0.4 is 9.62 Å². The standard InChI is InChI=1S/C28H25BrN2O3S/c1-21-11-8-9-18-26(21)28(22-12-4-2-5-13-22)30-27(32)20-31(24-15-10-14-23(29)19-24)35(33,34)25-16-6-3-7-17-25/h2-19,28H,20H2,1H3,(H,30,32)/t28-/m1/s1. The minimum Gasteiger partial charge on any atom is -0.344 e. The number of benzene rings is 4. The number of hydrogen-bond acceptors (Lipinski definition) is 3. The first-order valence-electron chi connectivity index (χ1n) is 11.1. The molecule has 1 N–H and O–H groups in total. The molecule has 0 saturated heterocycles. The van der Waals surface area contributed by atoms with Gasteiger partial charge >= 0.3 is 0 Å². The van der Waals surface area contributed by atoms with Gasteiger partial charge < -0.3 is 5.32 Å². The number of aryl methyl sites for hydroxylation is 1. The summed E-state index contributed by atoms with van der Waals surface area (Å²) in [5, 5.41) is 3.07. The third-order valence-corrected chi connectivity index (χ3v) is 7.93. The Morgan fingerprint density at radius 2 is 1.49 bits per heavy atom. The molecule has 4 rings (SSSR count). The van der Waals surface area contributed by atoms with Crippen LogP contribution in [0.5, 0.6) is 0 Å². The highest BCUT2D eigenvalue weighted by atomic mass is 79.9. The van der Waals surface area contributed by atoms with Gasteiger partial charge in [0.1, 0.15) is 6.54 Å². The Labute approximate surface area is 214 Å². The van der Waals surface area contributed by atoms with E-state index in [4.69, 9.17) is 0 Å². The van der Waals surface area contributed by atoms with Crippen LogP contribution in [0.1, 0.15) is 22.7 Å². The van der Waals surface area contributed by atoms with E-state index >= 15 is 0 Å². The summed E-state index contributed by atoms with van der Waals surface area (Å²) in [4.78, 5) is 13.5. The van der Waals surface area contributed by atoms with Crippen LogP contribution in [-0.2, 0) is 14.8 Å². The maximum absolute atomic E-state index is 13.6. The van der Waals surface area contributed by atoms with Crippen LogP contribution in [0.3, 0.4) is 0 Å². The van der Waals surface area contributed by atoms with Gasteiger partial charge in [0, 0.05) is 4.47 Å². The van der Waals surface area contributed by atoms with Gasteiger partial charge in [-0.1, -0.05) is 94.8 Å². The molecule has 0 radical (unpaired) electrons. The van der Waals surface area contributed by atoms with Crippen molar-refractivity contribution in [1.29, 1.82) is 0 Å². The molecule has 1 amide bonds. The molecular weight excluding hydrogens is 524 g/mol. The summed E-state index contributed by atoms with van der Waals surface area (Å²) >= 11 is 3.41. The second kappa shape index (κ2) is 10.9. The number of carbonyl (C=O) groups excluding carboxylic acids is 1. The molecule has 5 nitrogen and oxygen atoms in total. The lowest BCUT2D eigenvalue weighted by Gasteiger charge is -2.27. The lowest BCUT2D eigenvalue weighted by Crippen LogP contribution is -2.42. The van der Waals surface area contributed by atoms with E-state index in [9.17, 15) is 13.2 Å². The van der Waals surface area contributed by atoms with Gasteiger partial charge in [0.25, 0.3) is 10.0 Å². The van der Waals surface area contributed by atoms with E-state index in [0.717, 1.165) is 21.0 Å². The number of sulfonamides is 1. The minimum absolute atomic E-state index is 0.117. The highest BCUT2D eigenvalue weighted by Gasteiger charge is 2.28. The van der Waals surface area contributed by atoms with Crippen molar-refractivity contribution in [2.75, 3.05) is 10.8 Å². The normalized spacial score (nSPS) is 12.1. The molecule has 4 aromatic rings. The van der Waals surface area contributed by atoms with Crippen molar-refractivity contribution >= 4 is 37.5 Å². The third kappa shape index (κ3) is 5.81. The molecule has 0 aromatic heterocycles. The predicted molar refractivity (Wildman–Crippen MR) is 143 cm³/mol. The van der Waals surface area contributed by atoms with E-state index in [-0.39, 0.29) is 11.4 Å². The summed E-state index contributed by atoms with van der Waals surface area (Å²) in [6.07, 6.45) is 0. The zero-order chi connectivity index (χ0) is 24.8. The third-order valence-electron chi connectivity index (χ3n) is 5.65. The van der Waals surface area contributed by atoms with E-state index in [0.29, 0.717) is 10.2 Å². The number of amides is 1. The van der Waals surface area contributed by atoms with E-state index in [1.165, 1.54) is 12.1 Å². The zero-order valence-corrected chi connectivity index (χ0v) is 21.5. The van der Waals surface area contributed by atoms with Crippen molar-refractivity contribution in [3.05, 3.63) is 130 Å².